The van der Waals surface area contributed by atoms with E-state index in [1.54, 1.807) is 20.8 Å². The van der Waals surface area contributed by atoms with Crippen molar-refractivity contribution >= 4 is 12.1 Å². The molecule has 1 fully saturated rings. The summed E-state index contributed by atoms with van der Waals surface area (Å²) in [7, 11) is 3.31. The molecule has 0 aromatic carbocycles. The molecule has 1 heterocycles. The summed E-state index contributed by atoms with van der Waals surface area (Å²) >= 11 is 0. The predicted molar refractivity (Wildman–Crippen MR) is 70.8 cm³/mol. The zero-order valence-corrected chi connectivity index (χ0v) is 12.4. The van der Waals surface area contributed by atoms with Gasteiger partial charge in [0.25, 0.3) is 0 Å². The molecule has 0 aromatic heterocycles. The smallest absolute Gasteiger partial charge is 0.408 e. The molecule has 19 heavy (non-hydrogen) atoms. The number of esters is 1. The maximum Gasteiger partial charge on any atom is 0.408 e. The normalized spacial score (nSPS) is 19.6. The Bertz CT molecular complexity index is 341. The first-order valence-electron chi connectivity index (χ1n) is 6.47. The Labute approximate surface area is 114 Å². The van der Waals surface area contributed by atoms with Crippen LogP contribution in [-0.4, -0.2) is 55.3 Å². The molecule has 1 amide bonds. The van der Waals surface area contributed by atoms with Gasteiger partial charge in [0.1, 0.15) is 11.1 Å². The van der Waals surface area contributed by atoms with Gasteiger partial charge in [-0.05, 0) is 40.7 Å². The minimum atomic E-state index is -0.969. The van der Waals surface area contributed by atoms with Crippen molar-refractivity contribution in [2.24, 2.45) is 0 Å². The van der Waals surface area contributed by atoms with Crippen molar-refractivity contribution in [2.45, 2.75) is 44.8 Å². The fourth-order valence-corrected chi connectivity index (χ4v) is 2.07. The highest BCUT2D eigenvalue weighted by molar-refractivity contribution is 5.86. The second-order valence-corrected chi connectivity index (χ2v) is 6.00. The zero-order chi connectivity index (χ0) is 14.7. The van der Waals surface area contributed by atoms with E-state index in [-0.39, 0.29) is 0 Å². The van der Waals surface area contributed by atoms with Crippen LogP contribution >= 0.6 is 0 Å². The Morgan fingerprint density at radius 3 is 2.16 bits per heavy atom. The fourth-order valence-electron chi connectivity index (χ4n) is 2.07. The number of rotatable bonds is 2. The molecular formula is C13H24N2O4. The summed E-state index contributed by atoms with van der Waals surface area (Å²) in [4.78, 5) is 26.0. The number of nitrogens with zero attached hydrogens (tertiary/aromatic N) is 1. The summed E-state index contributed by atoms with van der Waals surface area (Å²) in [6.07, 6.45) is 0.465. The predicted octanol–water partition coefficient (Wildman–Crippen LogP) is 1.15. The number of methoxy groups -OCH3 is 1. The molecule has 1 rings (SSSR count). The van der Waals surface area contributed by atoms with Crippen molar-refractivity contribution in [3.63, 3.8) is 0 Å². The second kappa shape index (κ2) is 5.77. The van der Waals surface area contributed by atoms with E-state index < -0.39 is 23.2 Å². The molecule has 0 aromatic rings. The minimum absolute atomic E-state index is 0.411. The number of carbonyl (C=O) groups is 2. The van der Waals surface area contributed by atoms with E-state index in [0.29, 0.717) is 12.8 Å². The van der Waals surface area contributed by atoms with Crippen molar-refractivity contribution < 1.29 is 19.1 Å². The number of carbonyl (C=O) groups excluding carboxylic acids is 2. The van der Waals surface area contributed by atoms with Gasteiger partial charge in [0.05, 0.1) is 7.11 Å². The first-order chi connectivity index (χ1) is 8.68. The second-order valence-electron chi connectivity index (χ2n) is 6.00. The fraction of sp³-hybridized carbons (Fsp3) is 0.846. The van der Waals surface area contributed by atoms with Gasteiger partial charge >= 0.3 is 12.1 Å². The Morgan fingerprint density at radius 1 is 1.21 bits per heavy atom. The minimum Gasteiger partial charge on any atom is -0.467 e. The molecule has 0 bridgehead atoms. The molecule has 0 aliphatic carbocycles. The van der Waals surface area contributed by atoms with Gasteiger partial charge in [0.2, 0.25) is 0 Å². The maximum atomic E-state index is 12.0. The average Bonchev–Trinajstić information content (AvgIpc) is 2.29. The van der Waals surface area contributed by atoms with Crippen LogP contribution in [0.25, 0.3) is 0 Å². The third-order valence-corrected chi connectivity index (χ3v) is 3.16. The molecule has 0 radical (unpaired) electrons. The third kappa shape index (κ3) is 4.38. The monoisotopic (exact) mass is 272 g/mol. The van der Waals surface area contributed by atoms with E-state index in [1.165, 1.54) is 7.11 Å². The molecule has 6 heteroatoms. The molecule has 1 aliphatic rings. The quantitative estimate of drug-likeness (QED) is 0.764. The highest BCUT2D eigenvalue weighted by atomic mass is 16.6. The summed E-state index contributed by atoms with van der Waals surface area (Å²) in [6.45, 7) is 6.81. The third-order valence-electron chi connectivity index (χ3n) is 3.16. The zero-order valence-electron chi connectivity index (χ0n) is 12.4. The van der Waals surface area contributed by atoms with Crippen LogP contribution in [0.2, 0.25) is 0 Å². The molecule has 0 spiro atoms. The molecule has 1 N–H and O–H groups in total. The first kappa shape index (κ1) is 15.8. The highest BCUT2D eigenvalue weighted by Gasteiger charge is 2.44. The van der Waals surface area contributed by atoms with Crippen LogP contribution in [0.5, 0.6) is 0 Å². The van der Waals surface area contributed by atoms with Gasteiger partial charge < -0.3 is 19.7 Å². The molecule has 6 nitrogen and oxygen atoms in total. The summed E-state index contributed by atoms with van der Waals surface area (Å²) in [5, 5.41) is 2.70. The summed E-state index contributed by atoms with van der Waals surface area (Å²) in [6, 6.07) is 0. The lowest BCUT2D eigenvalue weighted by Crippen LogP contribution is -2.60. The molecule has 0 unspecified atom stereocenters. The lowest BCUT2D eigenvalue weighted by molar-refractivity contribution is -0.150. The summed E-state index contributed by atoms with van der Waals surface area (Å²) in [5.74, 6) is -0.411. The van der Waals surface area contributed by atoms with Gasteiger partial charge in [-0.1, -0.05) is 0 Å². The van der Waals surface area contributed by atoms with Crippen LogP contribution in [0.1, 0.15) is 33.6 Å². The number of amides is 1. The number of alkyl carbamates (subject to hydrolysis) is 1. The number of nitrogens with one attached hydrogen (secondary N) is 1. The lowest BCUT2D eigenvalue weighted by Gasteiger charge is -2.38. The number of hydrogen-bond donors (Lipinski definition) is 1. The number of hydrogen-bond acceptors (Lipinski definition) is 5. The summed E-state index contributed by atoms with van der Waals surface area (Å²) in [5.41, 5.74) is -1.56. The number of likely N-dealkylation sites (tertiary alicyclic amines) is 1. The van der Waals surface area contributed by atoms with E-state index >= 15 is 0 Å². The topological polar surface area (TPSA) is 67.9 Å². The average molecular weight is 272 g/mol. The molecule has 110 valence electrons. The molecule has 1 saturated heterocycles. The standard InChI is InChI=1S/C13H24N2O4/c1-12(2,3)19-11(17)14-13(10(16)18-5)6-8-15(4)9-7-13/h6-9H2,1-5H3,(H,14,17). The van der Waals surface area contributed by atoms with Gasteiger partial charge in [-0.2, -0.15) is 0 Å². The van der Waals surface area contributed by atoms with E-state index in [4.69, 9.17) is 9.47 Å². The van der Waals surface area contributed by atoms with Crippen molar-refractivity contribution in [3.05, 3.63) is 0 Å². The van der Waals surface area contributed by atoms with Crippen LogP contribution in [0, 0.1) is 0 Å². The Kier molecular flexibility index (Phi) is 4.79. The van der Waals surface area contributed by atoms with E-state index in [9.17, 15) is 9.59 Å². The molecule has 0 atom stereocenters. The van der Waals surface area contributed by atoms with Gasteiger partial charge in [-0.15, -0.1) is 0 Å². The SMILES string of the molecule is COC(=O)C1(NC(=O)OC(C)(C)C)CCN(C)CC1. The van der Waals surface area contributed by atoms with Gasteiger partial charge in [0, 0.05) is 13.1 Å². The van der Waals surface area contributed by atoms with Gasteiger partial charge in [-0.25, -0.2) is 9.59 Å². The Balaban J connectivity index is 2.76. The van der Waals surface area contributed by atoms with Crippen molar-refractivity contribution in [1.29, 1.82) is 0 Å². The van der Waals surface area contributed by atoms with Crippen LogP contribution in [-0.2, 0) is 14.3 Å². The highest BCUT2D eigenvalue weighted by Crippen LogP contribution is 2.24. The van der Waals surface area contributed by atoms with E-state index in [1.807, 2.05) is 7.05 Å². The van der Waals surface area contributed by atoms with Crippen LogP contribution < -0.4 is 5.32 Å². The van der Waals surface area contributed by atoms with E-state index in [0.717, 1.165) is 13.1 Å². The number of piperidine rings is 1. The molecule has 0 saturated carbocycles. The van der Waals surface area contributed by atoms with Crippen LogP contribution in [0.4, 0.5) is 4.79 Å². The van der Waals surface area contributed by atoms with Crippen LogP contribution in [0.3, 0.4) is 0 Å². The van der Waals surface area contributed by atoms with Crippen LogP contribution in [0.15, 0.2) is 0 Å². The van der Waals surface area contributed by atoms with Crippen molar-refractivity contribution in [2.75, 3.05) is 27.2 Å². The first-order valence-corrected chi connectivity index (χ1v) is 6.47. The Morgan fingerprint density at radius 2 is 1.74 bits per heavy atom. The lowest BCUT2D eigenvalue weighted by atomic mass is 9.88. The Hall–Kier alpha value is -1.30. The van der Waals surface area contributed by atoms with Gasteiger partial charge in [-0.3, -0.25) is 0 Å². The van der Waals surface area contributed by atoms with E-state index in [2.05, 4.69) is 10.2 Å². The maximum absolute atomic E-state index is 12.0. The van der Waals surface area contributed by atoms with Crippen molar-refractivity contribution in [1.82, 2.24) is 10.2 Å². The summed E-state index contributed by atoms with van der Waals surface area (Å²) < 4.78 is 10.0. The van der Waals surface area contributed by atoms with Crippen molar-refractivity contribution in [3.8, 4) is 0 Å². The van der Waals surface area contributed by atoms with Gasteiger partial charge in [0.15, 0.2) is 0 Å². The largest absolute Gasteiger partial charge is 0.467 e. The number of ether oxygens (including phenoxy) is 2. The molecular weight excluding hydrogens is 248 g/mol. The molecule has 1 aliphatic heterocycles.